The lowest BCUT2D eigenvalue weighted by molar-refractivity contribution is -0.124. The number of carbonyl (C=O) groups excluding carboxylic acids is 2. The van der Waals surface area contributed by atoms with E-state index >= 15 is 0 Å². The van der Waals surface area contributed by atoms with Gasteiger partial charge in [0.05, 0.1) is 17.1 Å². The average Bonchev–Trinajstić information content (AvgIpc) is 3.11. The maximum atomic E-state index is 14.2. The Balaban J connectivity index is 1.55. The second kappa shape index (κ2) is 9.89. The van der Waals surface area contributed by atoms with Crippen molar-refractivity contribution in [1.29, 1.82) is 0 Å². The fourth-order valence-electron chi connectivity index (χ4n) is 2.64. The summed E-state index contributed by atoms with van der Waals surface area (Å²) in [5.74, 6) is -1.26. The van der Waals surface area contributed by atoms with Crippen molar-refractivity contribution < 1.29 is 28.0 Å². The fraction of sp³-hybridized carbons (Fsp3) is 0.190. The van der Waals surface area contributed by atoms with Crippen LogP contribution in [0, 0.1) is 12.7 Å². The van der Waals surface area contributed by atoms with Crippen molar-refractivity contribution in [3.63, 3.8) is 0 Å². The second-order valence-corrected chi connectivity index (χ2v) is 6.55. The molecule has 0 spiro atoms. The van der Waals surface area contributed by atoms with Gasteiger partial charge in [0.2, 0.25) is 0 Å². The first-order valence-electron chi connectivity index (χ1n) is 8.99. The number of esters is 1. The predicted octanol–water partition coefficient (Wildman–Crippen LogP) is 3.79. The molecule has 0 fully saturated rings. The number of benzene rings is 2. The van der Waals surface area contributed by atoms with E-state index in [1.807, 2.05) is 18.2 Å². The summed E-state index contributed by atoms with van der Waals surface area (Å²) < 4.78 is 29.7. The average molecular weight is 433 g/mol. The number of hydrogen-bond donors (Lipinski definition) is 1. The number of para-hydroxylation sites is 1. The van der Waals surface area contributed by atoms with E-state index in [1.165, 1.54) is 25.1 Å². The second-order valence-electron chi connectivity index (χ2n) is 6.15. The third-order valence-corrected chi connectivity index (χ3v) is 4.35. The summed E-state index contributed by atoms with van der Waals surface area (Å²) in [6.45, 7) is 1.43. The van der Waals surface area contributed by atoms with Crippen molar-refractivity contribution in [1.82, 2.24) is 10.5 Å². The Morgan fingerprint density at radius 2 is 1.93 bits per heavy atom. The number of nitrogens with zero attached hydrogens (tertiary/aromatic N) is 1. The van der Waals surface area contributed by atoms with Gasteiger partial charge in [-0.15, -0.1) is 0 Å². The Labute approximate surface area is 176 Å². The van der Waals surface area contributed by atoms with Crippen molar-refractivity contribution in [2.45, 2.75) is 6.92 Å². The summed E-state index contributed by atoms with van der Waals surface area (Å²) in [5.41, 5.74) is -0.259. The summed E-state index contributed by atoms with van der Waals surface area (Å²) in [4.78, 5) is 24.4. The molecular weight excluding hydrogens is 415 g/mol. The molecule has 0 aliphatic rings. The van der Waals surface area contributed by atoms with Crippen LogP contribution < -0.4 is 10.1 Å². The quantitative estimate of drug-likeness (QED) is 0.430. The molecule has 0 aliphatic carbocycles. The monoisotopic (exact) mass is 432 g/mol. The third-order valence-electron chi connectivity index (χ3n) is 4.04. The van der Waals surface area contributed by atoms with Gasteiger partial charge < -0.3 is 19.3 Å². The van der Waals surface area contributed by atoms with Crippen LogP contribution in [0.15, 0.2) is 53.1 Å². The van der Waals surface area contributed by atoms with Crippen molar-refractivity contribution in [2.24, 2.45) is 0 Å². The Hall–Kier alpha value is -3.39. The van der Waals surface area contributed by atoms with Crippen LogP contribution in [0.4, 0.5) is 4.39 Å². The molecule has 0 radical (unpaired) electrons. The molecule has 7 nitrogen and oxygen atoms in total. The Bertz CT molecular complexity index is 1020. The summed E-state index contributed by atoms with van der Waals surface area (Å²) in [7, 11) is 0. The molecule has 0 saturated heterocycles. The maximum absolute atomic E-state index is 14.2. The number of nitrogens with one attached hydrogen (secondary N) is 1. The SMILES string of the molecule is Cc1onc(-c2c(F)cccc2Cl)c1C(=O)OCC(=O)NCCOc1ccccc1. The van der Waals surface area contributed by atoms with E-state index < -0.39 is 24.3 Å². The standard InChI is InChI=1S/C21H18ClFN2O5/c1-13-18(20(25-30-13)19-15(22)8-5-9-16(19)23)21(27)29-12-17(26)24-10-11-28-14-6-3-2-4-7-14/h2-9H,10-12H2,1H3,(H,24,26). The zero-order valence-corrected chi connectivity index (χ0v) is 16.7. The number of halogens is 2. The molecular formula is C21H18ClFN2O5. The maximum Gasteiger partial charge on any atom is 0.344 e. The van der Waals surface area contributed by atoms with Crippen LogP contribution in [0.2, 0.25) is 5.02 Å². The largest absolute Gasteiger partial charge is 0.492 e. The van der Waals surface area contributed by atoms with Gasteiger partial charge in [-0.05, 0) is 31.2 Å². The van der Waals surface area contributed by atoms with E-state index in [4.69, 9.17) is 25.6 Å². The lowest BCUT2D eigenvalue weighted by atomic mass is 10.1. The molecule has 156 valence electrons. The Morgan fingerprint density at radius 3 is 2.67 bits per heavy atom. The number of rotatable bonds is 8. The van der Waals surface area contributed by atoms with E-state index in [-0.39, 0.29) is 40.8 Å². The molecule has 0 unspecified atom stereocenters. The molecule has 0 bridgehead atoms. The van der Waals surface area contributed by atoms with Gasteiger partial charge in [-0.3, -0.25) is 4.79 Å². The minimum Gasteiger partial charge on any atom is -0.492 e. The van der Waals surface area contributed by atoms with E-state index in [2.05, 4.69) is 10.5 Å². The number of aryl methyl sites for hydroxylation is 1. The molecule has 0 saturated carbocycles. The zero-order chi connectivity index (χ0) is 21.5. The molecule has 1 N–H and O–H groups in total. The van der Waals surface area contributed by atoms with Crippen molar-refractivity contribution in [3.8, 4) is 17.0 Å². The summed E-state index contributed by atoms with van der Waals surface area (Å²) >= 11 is 6.04. The van der Waals surface area contributed by atoms with Crippen molar-refractivity contribution in [3.05, 3.63) is 70.7 Å². The molecule has 2 aromatic carbocycles. The first kappa shape index (κ1) is 21.3. The molecule has 30 heavy (non-hydrogen) atoms. The Morgan fingerprint density at radius 1 is 1.17 bits per heavy atom. The molecule has 0 atom stereocenters. The minimum absolute atomic E-state index is 0.0634. The lowest BCUT2D eigenvalue weighted by Gasteiger charge is -2.09. The predicted molar refractivity (Wildman–Crippen MR) is 107 cm³/mol. The normalized spacial score (nSPS) is 10.5. The molecule has 3 aromatic rings. The first-order chi connectivity index (χ1) is 14.5. The molecule has 1 amide bonds. The molecule has 1 heterocycles. The van der Waals surface area contributed by atoms with Crippen molar-refractivity contribution >= 4 is 23.5 Å². The van der Waals surface area contributed by atoms with Gasteiger partial charge in [0, 0.05) is 0 Å². The fourth-order valence-corrected chi connectivity index (χ4v) is 2.89. The summed E-state index contributed by atoms with van der Waals surface area (Å²) in [5, 5.41) is 6.36. The first-order valence-corrected chi connectivity index (χ1v) is 9.37. The van der Waals surface area contributed by atoms with Gasteiger partial charge in [0.25, 0.3) is 5.91 Å². The van der Waals surface area contributed by atoms with Crippen molar-refractivity contribution in [2.75, 3.05) is 19.8 Å². The van der Waals surface area contributed by atoms with E-state index in [0.29, 0.717) is 5.75 Å². The Kier molecular flexibility index (Phi) is 7.03. The summed E-state index contributed by atoms with van der Waals surface area (Å²) in [6, 6.07) is 13.2. The van der Waals surface area contributed by atoms with Crippen LogP contribution in [0.1, 0.15) is 16.1 Å². The van der Waals surface area contributed by atoms with Crippen LogP contribution >= 0.6 is 11.6 Å². The zero-order valence-electron chi connectivity index (χ0n) is 16.0. The highest BCUT2D eigenvalue weighted by molar-refractivity contribution is 6.33. The number of carbonyl (C=O) groups is 2. The minimum atomic E-state index is -0.876. The topological polar surface area (TPSA) is 90.7 Å². The molecule has 0 aliphatic heterocycles. The highest BCUT2D eigenvalue weighted by Gasteiger charge is 2.26. The number of hydrogen-bond acceptors (Lipinski definition) is 6. The van der Waals surface area contributed by atoms with E-state index in [0.717, 1.165) is 0 Å². The van der Waals surface area contributed by atoms with Crippen LogP contribution in [-0.2, 0) is 9.53 Å². The third kappa shape index (κ3) is 5.15. The molecule has 9 heteroatoms. The van der Waals surface area contributed by atoms with E-state index in [1.54, 1.807) is 12.1 Å². The molecule has 1 aromatic heterocycles. The van der Waals surface area contributed by atoms with Crippen LogP contribution in [0.3, 0.4) is 0 Å². The van der Waals surface area contributed by atoms with Gasteiger partial charge in [0.15, 0.2) is 6.61 Å². The highest BCUT2D eigenvalue weighted by Crippen LogP contribution is 2.33. The smallest absolute Gasteiger partial charge is 0.344 e. The van der Waals surface area contributed by atoms with Crippen LogP contribution in [-0.4, -0.2) is 36.8 Å². The van der Waals surface area contributed by atoms with Crippen LogP contribution in [0.5, 0.6) is 5.75 Å². The lowest BCUT2D eigenvalue weighted by Crippen LogP contribution is -2.32. The van der Waals surface area contributed by atoms with Gasteiger partial charge in [-0.25, -0.2) is 9.18 Å². The highest BCUT2D eigenvalue weighted by atomic mass is 35.5. The van der Waals surface area contributed by atoms with Gasteiger partial charge >= 0.3 is 5.97 Å². The molecule has 3 rings (SSSR count). The van der Waals surface area contributed by atoms with Gasteiger partial charge in [-0.1, -0.05) is 41.0 Å². The van der Waals surface area contributed by atoms with Crippen LogP contribution in [0.25, 0.3) is 11.3 Å². The van der Waals surface area contributed by atoms with Gasteiger partial charge in [-0.2, -0.15) is 0 Å². The number of ether oxygens (including phenoxy) is 2. The van der Waals surface area contributed by atoms with Gasteiger partial charge in [0.1, 0.15) is 35.2 Å². The number of aromatic nitrogens is 1. The van der Waals surface area contributed by atoms with E-state index in [9.17, 15) is 14.0 Å². The number of amides is 1. The summed E-state index contributed by atoms with van der Waals surface area (Å²) in [6.07, 6.45) is 0.